The van der Waals surface area contributed by atoms with Crippen LogP contribution < -0.4 is 9.47 Å². The van der Waals surface area contributed by atoms with Gasteiger partial charge in [-0.2, -0.15) is 0 Å². The molecule has 1 N–H and O–H groups in total. The Morgan fingerprint density at radius 2 is 2.18 bits per heavy atom. The highest BCUT2D eigenvalue weighted by Crippen LogP contribution is 2.56. The van der Waals surface area contributed by atoms with Gasteiger partial charge in [-0.1, -0.05) is 12.2 Å². The maximum Gasteiger partial charge on any atom is 0.166 e. The largest absolute Gasteiger partial charge is 0.493 e. The Balaban J connectivity index is 1.96. The fourth-order valence-electron chi connectivity index (χ4n) is 4.36. The number of hydrogen-bond acceptors (Lipinski definition) is 3. The third-order valence-corrected chi connectivity index (χ3v) is 5.53. The lowest BCUT2D eigenvalue weighted by atomic mass is 9.69. The smallest absolute Gasteiger partial charge is 0.166 e. The molecule has 1 aromatic rings. The Morgan fingerprint density at radius 1 is 1.36 bits per heavy atom. The summed E-state index contributed by atoms with van der Waals surface area (Å²) < 4.78 is 12.8. The summed E-state index contributed by atoms with van der Waals surface area (Å²) in [5, 5.41) is 10.0. The van der Waals surface area contributed by atoms with E-state index in [1.54, 1.807) is 7.11 Å². The van der Waals surface area contributed by atoms with Gasteiger partial charge in [-0.25, -0.2) is 0 Å². The average molecular weight is 302 g/mol. The molecular formula is C18H24NO3+. The summed E-state index contributed by atoms with van der Waals surface area (Å²) in [7, 11) is 6.26. The van der Waals surface area contributed by atoms with E-state index in [4.69, 9.17) is 9.47 Å². The molecular weight excluding hydrogens is 278 g/mol. The number of nitrogens with zero attached hydrogens (tertiary/aromatic N) is 1. The van der Waals surface area contributed by atoms with Crippen LogP contribution in [0.15, 0.2) is 24.3 Å². The van der Waals surface area contributed by atoms with Crippen LogP contribution in [0.5, 0.6) is 11.5 Å². The van der Waals surface area contributed by atoms with E-state index < -0.39 is 6.10 Å². The number of quaternary nitrogens is 1. The molecule has 3 atom stereocenters. The molecule has 2 heterocycles. The van der Waals surface area contributed by atoms with Crippen molar-refractivity contribution < 1.29 is 19.1 Å². The zero-order chi connectivity index (χ0) is 15.5. The number of rotatable bonds is 1. The highest BCUT2D eigenvalue weighted by molar-refractivity contribution is 5.60. The predicted octanol–water partition coefficient (Wildman–Crippen LogP) is 1.99. The number of ether oxygens (including phenoxy) is 2. The topological polar surface area (TPSA) is 38.7 Å². The lowest BCUT2D eigenvalue weighted by molar-refractivity contribution is -0.903. The van der Waals surface area contributed by atoms with Crippen molar-refractivity contribution in [2.45, 2.75) is 37.0 Å². The maximum absolute atomic E-state index is 10.0. The van der Waals surface area contributed by atoms with Gasteiger partial charge in [-0.15, -0.1) is 0 Å². The van der Waals surface area contributed by atoms with Crippen molar-refractivity contribution in [2.75, 3.05) is 27.7 Å². The zero-order valence-electron chi connectivity index (χ0n) is 13.5. The molecule has 4 rings (SSSR count). The maximum atomic E-state index is 10.0. The molecule has 0 saturated heterocycles. The Hall–Kier alpha value is -1.52. The number of aliphatic hydroxyl groups excluding tert-OH is 1. The fourth-order valence-corrected chi connectivity index (χ4v) is 4.36. The summed E-state index contributed by atoms with van der Waals surface area (Å²) in [6, 6.07) is 4.21. The SMILES string of the molecule is COc1ccc2c3c1OC1C[C@H](O)C=C[C@]31CC[N+](C)(C)C2. The highest BCUT2D eigenvalue weighted by atomic mass is 16.5. The van der Waals surface area contributed by atoms with E-state index in [0.717, 1.165) is 35.5 Å². The van der Waals surface area contributed by atoms with E-state index in [1.807, 2.05) is 12.1 Å². The van der Waals surface area contributed by atoms with Crippen molar-refractivity contribution in [3.8, 4) is 11.5 Å². The van der Waals surface area contributed by atoms with Crippen LogP contribution in [0.25, 0.3) is 0 Å². The van der Waals surface area contributed by atoms with Gasteiger partial charge in [0.2, 0.25) is 0 Å². The summed E-state index contributed by atoms with van der Waals surface area (Å²) in [5.74, 6) is 1.70. The minimum atomic E-state index is -0.412. The van der Waals surface area contributed by atoms with Gasteiger partial charge in [0.25, 0.3) is 0 Å². The summed E-state index contributed by atoms with van der Waals surface area (Å²) in [6.07, 6.45) is 5.44. The van der Waals surface area contributed by atoms with Gasteiger partial charge in [0, 0.05) is 24.0 Å². The quantitative estimate of drug-likeness (QED) is 0.637. The first-order valence-corrected chi connectivity index (χ1v) is 8.02. The molecule has 4 nitrogen and oxygen atoms in total. The standard InChI is InChI=1S/C18H24NO3/c1-19(2)9-8-18-7-6-13(20)10-15(18)22-17-14(21-3)5-4-12(11-19)16(17)18/h4-7,13,15,20H,8-11H2,1-3H3/q+1/t13-,15?,18-/m1/s1. The van der Waals surface area contributed by atoms with Crippen LogP contribution >= 0.6 is 0 Å². The fraction of sp³-hybridized carbons (Fsp3) is 0.556. The van der Waals surface area contributed by atoms with Crippen LogP contribution in [0.4, 0.5) is 0 Å². The molecule has 0 fully saturated rings. The minimum Gasteiger partial charge on any atom is -0.493 e. The van der Waals surface area contributed by atoms with Crippen LogP contribution in [-0.2, 0) is 12.0 Å². The monoisotopic (exact) mass is 302 g/mol. The van der Waals surface area contributed by atoms with E-state index in [2.05, 4.69) is 26.2 Å². The van der Waals surface area contributed by atoms with Crippen molar-refractivity contribution in [3.63, 3.8) is 0 Å². The van der Waals surface area contributed by atoms with Crippen LogP contribution in [0, 0.1) is 0 Å². The van der Waals surface area contributed by atoms with Gasteiger partial charge < -0.3 is 19.1 Å². The Morgan fingerprint density at radius 3 is 2.95 bits per heavy atom. The van der Waals surface area contributed by atoms with Crippen LogP contribution in [0.2, 0.25) is 0 Å². The molecule has 1 aliphatic carbocycles. The number of methoxy groups -OCH3 is 1. The first-order valence-electron chi connectivity index (χ1n) is 8.02. The molecule has 0 aromatic heterocycles. The Bertz CT molecular complexity index is 652. The van der Waals surface area contributed by atoms with Crippen molar-refractivity contribution in [2.24, 2.45) is 0 Å². The van der Waals surface area contributed by atoms with Gasteiger partial charge in [-0.3, -0.25) is 0 Å². The molecule has 22 heavy (non-hydrogen) atoms. The number of hydrogen-bond donors (Lipinski definition) is 1. The minimum absolute atomic E-state index is 0.00986. The number of benzene rings is 1. The average Bonchev–Trinajstić information content (AvgIpc) is 2.74. The van der Waals surface area contributed by atoms with E-state index in [0.29, 0.717) is 6.42 Å². The number of aliphatic hydroxyl groups is 1. The molecule has 4 heteroatoms. The molecule has 1 spiro atoms. The first-order chi connectivity index (χ1) is 10.5. The Labute approximate surface area is 131 Å². The predicted molar refractivity (Wildman–Crippen MR) is 84.1 cm³/mol. The molecule has 0 amide bonds. The summed E-state index contributed by atoms with van der Waals surface area (Å²) in [5.41, 5.74) is 2.54. The van der Waals surface area contributed by atoms with Gasteiger partial charge >= 0.3 is 0 Å². The van der Waals surface area contributed by atoms with Gasteiger partial charge in [0.1, 0.15) is 12.6 Å². The highest BCUT2D eigenvalue weighted by Gasteiger charge is 2.54. The van der Waals surface area contributed by atoms with E-state index in [1.165, 1.54) is 11.1 Å². The van der Waals surface area contributed by atoms with E-state index in [9.17, 15) is 5.11 Å². The van der Waals surface area contributed by atoms with Crippen molar-refractivity contribution >= 4 is 0 Å². The molecule has 1 unspecified atom stereocenters. The van der Waals surface area contributed by atoms with Crippen LogP contribution in [0.3, 0.4) is 0 Å². The molecule has 2 aliphatic heterocycles. The molecule has 118 valence electrons. The van der Waals surface area contributed by atoms with E-state index in [-0.39, 0.29) is 11.5 Å². The van der Waals surface area contributed by atoms with Crippen molar-refractivity contribution in [1.29, 1.82) is 0 Å². The van der Waals surface area contributed by atoms with Crippen LogP contribution in [0.1, 0.15) is 24.0 Å². The molecule has 0 saturated carbocycles. The molecule has 3 aliphatic rings. The van der Waals surface area contributed by atoms with Gasteiger partial charge in [0.15, 0.2) is 11.5 Å². The van der Waals surface area contributed by atoms with Gasteiger partial charge in [-0.05, 0) is 12.1 Å². The van der Waals surface area contributed by atoms with Crippen molar-refractivity contribution in [3.05, 3.63) is 35.4 Å². The third-order valence-electron chi connectivity index (χ3n) is 5.53. The lowest BCUT2D eigenvalue weighted by Crippen LogP contribution is -2.45. The van der Waals surface area contributed by atoms with Gasteiger partial charge in [0.05, 0.1) is 39.3 Å². The first kappa shape index (κ1) is 14.1. The summed E-state index contributed by atoms with van der Waals surface area (Å²) in [6.45, 7) is 2.09. The third kappa shape index (κ3) is 1.83. The molecule has 0 radical (unpaired) electrons. The zero-order valence-corrected chi connectivity index (χ0v) is 13.5. The second-order valence-electron chi connectivity index (χ2n) is 7.51. The second kappa shape index (κ2) is 4.49. The Kier molecular flexibility index (Phi) is 2.88. The molecule has 0 bridgehead atoms. The summed E-state index contributed by atoms with van der Waals surface area (Å²) >= 11 is 0. The molecule has 1 aromatic carbocycles. The van der Waals surface area contributed by atoms with Crippen LogP contribution in [-0.4, -0.2) is 49.5 Å². The second-order valence-corrected chi connectivity index (χ2v) is 7.51. The van der Waals surface area contributed by atoms with E-state index >= 15 is 0 Å². The summed E-state index contributed by atoms with van der Waals surface area (Å²) in [4.78, 5) is 0. The normalized spacial score (nSPS) is 34.4. The van der Waals surface area contributed by atoms with Crippen molar-refractivity contribution in [1.82, 2.24) is 0 Å². The lowest BCUT2D eigenvalue weighted by Gasteiger charge is -2.36.